The summed E-state index contributed by atoms with van der Waals surface area (Å²) in [6.07, 6.45) is 11.4. The molecule has 0 radical (unpaired) electrons. The van der Waals surface area contributed by atoms with Gasteiger partial charge in [-0.1, -0.05) is 58.3 Å². The summed E-state index contributed by atoms with van der Waals surface area (Å²) in [6.45, 7) is 18.2. The maximum Gasteiger partial charge on any atom is 0.154 e. The Morgan fingerprint density at radius 3 is 0.745 bits per heavy atom. The highest BCUT2D eigenvalue weighted by atomic mass is 16.6. The zero-order chi connectivity index (χ0) is 39.6. The lowest BCUT2D eigenvalue weighted by atomic mass is 10.1. The molecule has 55 heavy (non-hydrogen) atoms. The Labute approximate surface area is 333 Å². The van der Waals surface area contributed by atoms with E-state index in [0.29, 0.717) is 185 Å². The fourth-order valence-electron chi connectivity index (χ4n) is 4.74. The SMILES string of the molecule is CCCCCCCCCCCC(O)OCCOCCOCCOCCOCCOCCOCCOCCOCCOCCOCCOCCOCCOCC. The van der Waals surface area contributed by atoms with Crippen LogP contribution in [-0.4, -0.2) is 190 Å². The average Bonchev–Trinajstić information content (AvgIpc) is 3.19. The molecule has 0 spiro atoms. The first kappa shape index (κ1) is 54.4. The van der Waals surface area contributed by atoms with Gasteiger partial charge in [0.1, 0.15) is 0 Å². The number of ether oxygens (including phenoxy) is 14. The van der Waals surface area contributed by atoms with Crippen LogP contribution in [0, 0.1) is 0 Å². The van der Waals surface area contributed by atoms with Gasteiger partial charge in [0.15, 0.2) is 6.29 Å². The largest absolute Gasteiger partial charge is 0.379 e. The second-order valence-corrected chi connectivity index (χ2v) is 12.5. The molecule has 1 atom stereocenters. The first-order valence-corrected chi connectivity index (χ1v) is 21.1. The molecule has 0 aliphatic rings. The molecule has 15 nitrogen and oxygen atoms in total. The van der Waals surface area contributed by atoms with Gasteiger partial charge in [0.05, 0.1) is 172 Å². The monoisotopic (exact) mass is 803 g/mol. The topological polar surface area (TPSA) is 149 Å². The van der Waals surface area contributed by atoms with Crippen LogP contribution in [0.5, 0.6) is 0 Å². The summed E-state index contributed by atoms with van der Waals surface area (Å²) < 4.78 is 76.3. The molecular weight excluding hydrogens is 720 g/mol. The van der Waals surface area contributed by atoms with Gasteiger partial charge in [-0.3, -0.25) is 0 Å². The molecule has 0 fully saturated rings. The minimum absolute atomic E-state index is 0.385. The van der Waals surface area contributed by atoms with Crippen molar-refractivity contribution >= 4 is 0 Å². The molecule has 0 aromatic carbocycles. The van der Waals surface area contributed by atoms with Crippen LogP contribution in [0.15, 0.2) is 0 Å². The summed E-state index contributed by atoms with van der Waals surface area (Å²) in [6, 6.07) is 0. The van der Waals surface area contributed by atoms with Crippen LogP contribution in [0.3, 0.4) is 0 Å². The van der Waals surface area contributed by atoms with Gasteiger partial charge in [-0.25, -0.2) is 0 Å². The minimum Gasteiger partial charge on any atom is -0.379 e. The molecule has 0 rings (SSSR count). The Morgan fingerprint density at radius 1 is 0.273 bits per heavy atom. The van der Waals surface area contributed by atoms with Gasteiger partial charge in [0.25, 0.3) is 0 Å². The van der Waals surface area contributed by atoms with Gasteiger partial charge in [-0.15, -0.1) is 0 Å². The van der Waals surface area contributed by atoms with Crippen LogP contribution >= 0.6 is 0 Å². The van der Waals surface area contributed by atoms with Crippen LogP contribution in [0.4, 0.5) is 0 Å². The van der Waals surface area contributed by atoms with Crippen molar-refractivity contribution < 1.29 is 71.4 Å². The molecule has 1 N–H and O–H groups in total. The van der Waals surface area contributed by atoms with Crippen LogP contribution in [0.25, 0.3) is 0 Å². The molecule has 0 amide bonds. The zero-order valence-electron chi connectivity index (χ0n) is 34.9. The highest BCUT2D eigenvalue weighted by Crippen LogP contribution is 2.11. The molecule has 15 heteroatoms. The molecule has 332 valence electrons. The second-order valence-electron chi connectivity index (χ2n) is 12.5. The quantitative estimate of drug-likeness (QED) is 0.0680. The molecule has 0 aromatic heterocycles. The van der Waals surface area contributed by atoms with E-state index in [2.05, 4.69) is 6.92 Å². The first-order valence-electron chi connectivity index (χ1n) is 21.1. The summed E-state index contributed by atoms with van der Waals surface area (Å²) >= 11 is 0. The lowest BCUT2D eigenvalue weighted by Gasteiger charge is -2.12. The van der Waals surface area contributed by atoms with E-state index < -0.39 is 6.29 Å². The molecule has 0 bridgehead atoms. The van der Waals surface area contributed by atoms with Crippen molar-refractivity contribution in [1.82, 2.24) is 0 Å². The van der Waals surface area contributed by atoms with E-state index in [-0.39, 0.29) is 0 Å². The van der Waals surface area contributed by atoms with Crippen molar-refractivity contribution in [1.29, 1.82) is 0 Å². The highest BCUT2D eigenvalue weighted by molar-refractivity contribution is 4.49. The van der Waals surface area contributed by atoms with Crippen molar-refractivity contribution in [3.05, 3.63) is 0 Å². The number of hydrogen-bond acceptors (Lipinski definition) is 15. The van der Waals surface area contributed by atoms with E-state index in [0.717, 1.165) is 12.8 Å². The van der Waals surface area contributed by atoms with E-state index in [4.69, 9.17) is 66.3 Å². The van der Waals surface area contributed by atoms with Crippen molar-refractivity contribution in [2.45, 2.75) is 84.3 Å². The highest BCUT2D eigenvalue weighted by Gasteiger charge is 2.04. The number of hydrogen-bond donors (Lipinski definition) is 1. The normalized spacial score (nSPS) is 12.3. The third-order valence-electron chi connectivity index (χ3n) is 7.76. The van der Waals surface area contributed by atoms with Crippen molar-refractivity contribution in [3.8, 4) is 0 Å². The van der Waals surface area contributed by atoms with Crippen LogP contribution in [0.1, 0.15) is 78.1 Å². The number of aliphatic hydroxyl groups is 1. The molecule has 0 saturated carbocycles. The van der Waals surface area contributed by atoms with Crippen molar-refractivity contribution in [2.24, 2.45) is 0 Å². The van der Waals surface area contributed by atoms with Crippen LogP contribution in [-0.2, 0) is 66.3 Å². The molecule has 0 heterocycles. The molecule has 0 saturated heterocycles. The van der Waals surface area contributed by atoms with E-state index in [9.17, 15) is 5.11 Å². The summed E-state index contributed by atoms with van der Waals surface area (Å²) in [5.41, 5.74) is 0. The summed E-state index contributed by atoms with van der Waals surface area (Å²) in [7, 11) is 0. The Balaban J connectivity index is 3.10. The van der Waals surface area contributed by atoms with Gasteiger partial charge in [0.2, 0.25) is 0 Å². The summed E-state index contributed by atoms with van der Waals surface area (Å²) in [5, 5.41) is 9.93. The van der Waals surface area contributed by atoms with Gasteiger partial charge < -0.3 is 71.4 Å². The summed E-state index contributed by atoms with van der Waals surface area (Å²) in [5.74, 6) is 0. The van der Waals surface area contributed by atoms with Crippen molar-refractivity contribution in [2.75, 3.05) is 178 Å². The number of unbranched alkanes of at least 4 members (excludes halogenated alkanes) is 8. The predicted molar refractivity (Wildman–Crippen MR) is 210 cm³/mol. The zero-order valence-corrected chi connectivity index (χ0v) is 34.9. The lowest BCUT2D eigenvalue weighted by molar-refractivity contribution is -0.118. The Bertz CT molecular complexity index is 668. The average molecular weight is 803 g/mol. The van der Waals surface area contributed by atoms with Crippen molar-refractivity contribution in [3.63, 3.8) is 0 Å². The fraction of sp³-hybridized carbons (Fsp3) is 1.00. The Kier molecular flexibility index (Phi) is 50.9. The van der Waals surface area contributed by atoms with E-state index >= 15 is 0 Å². The smallest absolute Gasteiger partial charge is 0.154 e. The fourth-order valence-corrected chi connectivity index (χ4v) is 4.74. The van der Waals surface area contributed by atoms with E-state index in [1.54, 1.807) is 0 Å². The predicted octanol–water partition coefficient (Wildman–Crippen LogP) is 4.48. The first-order chi connectivity index (χ1) is 27.3. The number of aliphatic hydroxyl groups excluding tert-OH is 1. The lowest BCUT2D eigenvalue weighted by Crippen LogP contribution is -2.17. The van der Waals surface area contributed by atoms with Gasteiger partial charge in [0, 0.05) is 6.61 Å². The molecule has 0 aliphatic carbocycles. The second kappa shape index (κ2) is 51.4. The van der Waals surface area contributed by atoms with Crippen LogP contribution in [0.2, 0.25) is 0 Å². The van der Waals surface area contributed by atoms with E-state index in [1.807, 2.05) is 6.92 Å². The van der Waals surface area contributed by atoms with Gasteiger partial charge in [-0.2, -0.15) is 0 Å². The molecule has 0 aliphatic heterocycles. The maximum absolute atomic E-state index is 9.93. The van der Waals surface area contributed by atoms with Crippen LogP contribution < -0.4 is 0 Å². The third kappa shape index (κ3) is 51.4. The Morgan fingerprint density at radius 2 is 0.491 bits per heavy atom. The number of rotatable bonds is 51. The Hall–Kier alpha value is -0.600. The standard InChI is InChI=1S/C40H82O15/c1-3-5-6-7-8-9-10-11-12-13-40(41)55-39-38-54-37-36-53-35-34-52-33-32-51-31-30-50-29-28-49-27-26-48-25-24-47-23-22-46-21-20-45-19-18-44-17-16-43-15-14-42-4-2/h40-41H,3-39H2,1-2H3. The third-order valence-corrected chi connectivity index (χ3v) is 7.76. The molecule has 0 aromatic rings. The maximum atomic E-state index is 9.93. The van der Waals surface area contributed by atoms with Gasteiger partial charge in [-0.05, 0) is 19.8 Å². The minimum atomic E-state index is -0.700. The molecular formula is C40H82O15. The van der Waals surface area contributed by atoms with Gasteiger partial charge >= 0.3 is 0 Å². The van der Waals surface area contributed by atoms with E-state index in [1.165, 1.54) is 44.9 Å². The summed E-state index contributed by atoms with van der Waals surface area (Å²) in [4.78, 5) is 0. The molecule has 1 unspecified atom stereocenters.